The average molecular weight is 195 g/mol. The summed E-state index contributed by atoms with van der Waals surface area (Å²) in [6, 6.07) is 3.00. The molecule has 1 heterocycles. The lowest BCUT2D eigenvalue weighted by atomic mass is 10.0. The van der Waals surface area contributed by atoms with E-state index in [2.05, 4.69) is 5.32 Å². The second kappa shape index (κ2) is 3.29. The fraction of sp³-hybridized carbons (Fsp3) is 0.300. The average Bonchev–Trinajstić information content (AvgIpc) is 2.18. The summed E-state index contributed by atoms with van der Waals surface area (Å²) in [5.41, 5.74) is 0.952. The standard InChI is InChI=1S/C10H10FNO2/c11-8-7(10(13)14)4-3-6-2-1-5-12-9(6)8/h3-4,12H,1-2,5H2,(H,13,14). The monoisotopic (exact) mass is 195 g/mol. The van der Waals surface area contributed by atoms with Gasteiger partial charge < -0.3 is 10.4 Å². The van der Waals surface area contributed by atoms with Crippen LogP contribution in [0.15, 0.2) is 12.1 Å². The van der Waals surface area contributed by atoms with Crippen LogP contribution in [0.25, 0.3) is 0 Å². The van der Waals surface area contributed by atoms with Crippen molar-refractivity contribution in [2.75, 3.05) is 11.9 Å². The maximum absolute atomic E-state index is 13.6. The molecule has 0 unspecified atom stereocenters. The number of nitrogens with one attached hydrogen (secondary N) is 1. The Hall–Kier alpha value is -1.58. The Morgan fingerprint density at radius 2 is 2.29 bits per heavy atom. The number of carboxylic acids is 1. The van der Waals surface area contributed by atoms with Crippen molar-refractivity contribution in [2.24, 2.45) is 0 Å². The summed E-state index contributed by atoms with van der Waals surface area (Å²) in [4.78, 5) is 10.6. The van der Waals surface area contributed by atoms with Crippen LogP contribution in [0.5, 0.6) is 0 Å². The van der Waals surface area contributed by atoms with Gasteiger partial charge in [0.15, 0.2) is 5.82 Å². The van der Waals surface area contributed by atoms with E-state index in [1.807, 2.05) is 0 Å². The van der Waals surface area contributed by atoms with Crippen LogP contribution in [-0.2, 0) is 6.42 Å². The first-order valence-corrected chi connectivity index (χ1v) is 4.48. The molecule has 0 radical (unpaired) electrons. The SMILES string of the molecule is O=C(O)c1ccc2c(c1F)NCCC2. The van der Waals surface area contributed by atoms with Gasteiger partial charge in [-0.2, -0.15) is 0 Å². The van der Waals surface area contributed by atoms with Gasteiger partial charge in [-0.05, 0) is 24.5 Å². The van der Waals surface area contributed by atoms with Crippen molar-refractivity contribution in [3.05, 3.63) is 29.1 Å². The number of hydrogen-bond acceptors (Lipinski definition) is 2. The van der Waals surface area contributed by atoms with Crippen molar-refractivity contribution in [3.63, 3.8) is 0 Å². The zero-order valence-corrected chi connectivity index (χ0v) is 7.51. The number of carbonyl (C=O) groups is 1. The van der Waals surface area contributed by atoms with Crippen LogP contribution in [0.4, 0.5) is 10.1 Å². The summed E-state index contributed by atoms with van der Waals surface area (Å²) in [6.45, 7) is 0.701. The van der Waals surface area contributed by atoms with Gasteiger partial charge in [0, 0.05) is 6.54 Å². The van der Waals surface area contributed by atoms with Crippen LogP contribution < -0.4 is 5.32 Å². The number of aromatic carboxylic acids is 1. The molecule has 1 aliphatic rings. The number of fused-ring (bicyclic) bond motifs is 1. The molecule has 1 aromatic carbocycles. The minimum absolute atomic E-state index is 0.266. The molecule has 1 aliphatic heterocycles. The van der Waals surface area contributed by atoms with Crippen LogP contribution in [0.3, 0.4) is 0 Å². The minimum Gasteiger partial charge on any atom is -0.478 e. The molecule has 3 nitrogen and oxygen atoms in total. The molecular formula is C10H10FNO2. The molecule has 0 saturated heterocycles. The summed E-state index contributed by atoms with van der Waals surface area (Å²) in [5, 5.41) is 11.6. The van der Waals surface area contributed by atoms with Crippen LogP contribution in [0, 0.1) is 5.82 Å². The Kier molecular flexibility index (Phi) is 2.11. The van der Waals surface area contributed by atoms with E-state index in [9.17, 15) is 9.18 Å². The molecule has 2 rings (SSSR count). The van der Waals surface area contributed by atoms with Gasteiger partial charge in [-0.15, -0.1) is 0 Å². The molecule has 0 amide bonds. The summed E-state index contributed by atoms with van der Waals surface area (Å²) in [5.74, 6) is -1.87. The molecule has 1 aromatic rings. The van der Waals surface area contributed by atoms with Crippen LogP contribution in [-0.4, -0.2) is 17.6 Å². The zero-order chi connectivity index (χ0) is 10.1. The Labute approximate surface area is 80.6 Å². The fourth-order valence-electron chi connectivity index (χ4n) is 1.67. The summed E-state index contributed by atoms with van der Waals surface area (Å²) in [6.07, 6.45) is 1.76. The molecule has 4 heteroatoms. The molecular weight excluding hydrogens is 185 g/mol. The summed E-state index contributed by atoms with van der Waals surface area (Å²) >= 11 is 0. The Balaban J connectivity index is 2.54. The van der Waals surface area contributed by atoms with E-state index in [-0.39, 0.29) is 5.56 Å². The number of aryl methyl sites for hydroxylation is 1. The van der Waals surface area contributed by atoms with Gasteiger partial charge >= 0.3 is 5.97 Å². The first-order chi connectivity index (χ1) is 6.70. The topological polar surface area (TPSA) is 49.3 Å². The second-order valence-corrected chi connectivity index (χ2v) is 3.30. The Bertz CT molecular complexity index is 390. The number of halogens is 1. The zero-order valence-electron chi connectivity index (χ0n) is 7.51. The third kappa shape index (κ3) is 1.32. The van der Waals surface area contributed by atoms with Gasteiger partial charge in [-0.3, -0.25) is 0 Å². The van der Waals surface area contributed by atoms with E-state index in [1.54, 1.807) is 6.07 Å². The van der Waals surface area contributed by atoms with Gasteiger partial charge in [0.1, 0.15) is 0 Å². The predicted molar refractivity (Wildman–Crippen MR) is 50.2 cm³/mol. The normalized spacial score (nSPS) is 14.4. The molecule has 0 fully saturated rings. The van der Waals surface area contributed by atoms with Crippen molar-refractivity contribution in [3.8, 4) is 0 Å². The number of benzene rings is 1. The van der Waals surface area contributed by atoms with Crippen molar-refractivity contribution >= 4 is 11.7 Å². The third-order valence-electron chi connectivity index (χ3n) is 2.38. The van der Waals surface area contributed by atoms with E-state index < -0.39 is 11.8 Å². The largest absolute Gasteiger partial charge is 0.478 e. The van der Waals surface area contributed by atoms with Crippen molar-refractivity contribution in [1.82, 2.24) is 0 Å². The predicted octanol–water partition coefficient (Wildman–Crippen LogP) is 1.88. The van der Waals surface area contributed by atoms with E-state index in [1.165, 1.54) is 6.07 Å². The van der Waals surface area contributed by atoms with Crippen molar-refractivity contribution in [2.45, 2.75) is 12.8 Å². The second-order valence-electron chi connectivity index (χ2n) is 3.30. The lowest BCUT2D eigenvalue weighted by molar-refractivity contribution is 0.0692. The molecule has 0 spiro atoms. The maximum atomic E-state index is 13.6. The molecule has 0 aliphatic carbocycles. The molecule has 14 heavy (non-hydrogen) atoms. The highest BCUT2D eigenvalue weighted by Gasteiger charge is 2.19. The van der Waals surface area contributed by atoms with Crippen LogP contribution in [0.1, 0.15) is 22.3 Å². The number of anilines is 1. The highest BCUT2D eigenvalue weighted by molar-refractivity contribution is 5.89. The quantitative estimate of drug-likeness (QED) is 0.719. The van der Waals surface area contributed by atoms with Gasteiger partial charge in [0.2, 0.25) is 0 Å². The lowest BCUT2D eigenvalue weighted by Gasteiger charge is -2.18. The number of hydrogen-bond donors (Lipinski definition) is 2. The van der Waals surface area contributed by atoms with E-state index in [0.29, 0.717) is 12.2 Å². The summed E-state index contributed by atoms with van der Waals surface area (Å²) < 4.78 is 13.6. The minimum atomic E-state index is -1.22. The lowest BCUT2D eigenvalue weighted by Crippen LogP contribution is -2.15. The molecule has 0 atom stereocenters. The van der Waals surface area contributed by atoms with Gasteiger partial charge in [-0.25, -0.2) is 9.18 Å². The number of rotatable bonds is 1. The first-order valence-electron chi connectivity index (χ1n) is 4.48. The third-order valence-corrected chi connectivity index (χ3v) is 2.38. The van der Waals surface area contributed by atoms with Crippen LogP contribution in [0.2, 0.25) is 0 Å². The number of carboxylic acid groups (broad SMARTS) is 1. The van der Waals surface area contributed by atoms with E-state index in [4.69, 9.17) is 5.11 Å². The van der Waals surface area contributed by atoms with Crippen LogP contribution >= 0.6 is 0 Å². The van der Waals surface area contributed by atoms with Crippen molar-refractivity contribution < 1.29 is 14.3 Å². The molecule has 2 N–H and O–H groups in total. The maximum Gasteiger partial charge on any atom is 0.338 e. The fourth-order valence-corrected chi connectivity index (χ4v) is 1.67. The Morgan fingerprint density at radius 3 is 3.00 bits per heavy atom. The molecule has 0 bridgehead atoms. The highest BCUT2D eigenvalue weighted by Crippen LogP contribution is 2.27. The smallest absolute Gasteiger partial charge is 0.338 e. The Morgan fingerprint density at radius 1 is 1.50 bits per heavy atom. The van der Waals surface area contributed by atoms with E-state index in [0.717, 1.165) is 18.4 Å². The van der Waals surface area contributed by atoms with E-state index >= 15 is 0 Å². The van der Waals surface area contributed by atoms with Gasteiger partial charge in [0.25, 0.3) is 0 Å². The summed E-state index contributed by atoms with van der Waals surface area (Å²) in [7, 11) is 0. The molecule has 0 aromatic heterocycles. The van der Waals surface area contributed by atoms with Gasteiger partial charge in [0.05, 0.1) is 11.3 Å². The van der Waals surface area contributed by atoms with Gasteiger partial charge in [-0.1, -0.05) is 6.07 Å². The molecule has 0 saturated carbocycles. The van der Waals surface area contributed by atoms with Crippen molar-refractivity contribution in [1.29, 1.82) is 0 Å². The molecule has 74 valence electrons. The first kappa shape index (κ1) is 8.99. The highest BCUT2D eigenvalue weighted by atomic mass is 19.1.